The molecule has 1 amide bonds. The van der Waals surface area contributed by atoms with Crippen LogP contribution in [0.4, 0.5) is 0 Å². The van der Waals surface area contributed by atoms with E-state index in [1.807, 2.05) is 12.1 Å². The number of phenols is 1. The van der Waals surface area contributed by atoms with Crippen LogP contribution in [0.15, 0.2) is 48.5 Å². The largest absolute Gasteiger partial charge is 0.507 e. The molecule has 1 heterocycles. The molecule has 0 aliphatic heterocycles. The van der Waals surface area contributed by atoms with Crippen molar-refractivity contribution < 1.29 is 14.7 Å². The summed E-state index contributed by atoms with van der Waals surface area (Å²) in [6.45, 7) is 3.51. The number of carbonyl (C=O) groups excluding carboxylic acids is 2. The van der Waals surface area contributed by atoms with Crippen LogP contribution in [0.1, 0.15) is 49.3 Å². The van der Waals surface area contributed by atoms with Crippen molar-refractivity contribution >= 4 is 46.2 Å². The van der Waals surface area contributed by atoms with Gasteiger partial charge in [-0.25, -0.2) is 0 Å². The molecule has 1 aliphatic carbocycles. The fraction of sp³-hybridized carbons (Fsp3) is 0.379. The predicted molar refractivity (Wildman–Crippen MR) is 148 cm³/mol. The predicted octanol–water partition coefficient (Wildman–Crippen LogP) is 7.40. The number of Topliss-reactive ketones (excluding diaryl/α,β-unsaturated/α-hetero) is 1. The minimum absolute atomic E-state index is 0.0434. The van der Waals surface area contributed by atoms with E-state index in [0.29, 0.717) is 28.5 Å². The summed E-state index contributed by atoms with van der Waals surface area (Å²) in [4.78, 5) is 26.8. The zero-order valence-corrected chi connectivity index (χ0v) is 22.8. The number of halogens is 2. The molecular weight excluding hydrogens is 513 g/mol. The van der Waals surface area contributed by atoms with Gasteiger partial charge in [-0.3, -0.25) is 9.59 Å². The Balaban J connectivity index is 1.29. The van der Waals surface area contributed by atoms with E-state index in [0.717, 1.165) is 34.9 Å². The lowest BCUT2D eigenvalue weighted by atomic mass is 9.93. The van der Waals surface area contributed by atoms with Gasteiger partial charge in [0, 0.05) is 22.2 Å². The molecule has 1 aliphatic rings. The summed E-state index contributed by atoms with van der Waals surface area (Å²) in [5.41, 5.74) is 3.83. The Hall–Kier alpha value is -2.34. The monoisotopic (exact) mass is 543 g/mol. The van der Waals surface area contributed by atoms with Crippen LogP contribution in [0.25, 0.3) is 10.4 Å². The highest BCUT2D eigenvalue weighted by Gasteiger charge is 2.31. The first-order valence-electron chi connectivity index (χ1n) is 12.4. The van der Waals surface area contributed by atoms with Crippen molar-refractivity contribution in [3.63, 3.8) is 0 Å². The molecule has 36 heavy (non-hydrogen) atoms. The summed E-state index contributed by atoms with van der Waals surface area (Å²) >= 11 is 13.8. The second-order valence-electron chi connectivity index (χ2n) is 9.77. The van der Waals surface area contributed by atoms with E-state index in [-0.39, 0.29) is 29.8 Å². The van der Waals surface area contributed by atoms with Gasteiger partial charge in [0.15, 0.2) is 5.78 Å². The van der Waals surface area contributed by atoms with Gasteiger partial charge in [-0.15, -0.1) is 11.3 Å². The first kappa shape index (κ1) is 26.7. The Labute approximate surface area is 226 Å². The molecule has 3 aromatic rings. The van der Waals surface area contributed by atoms with E-state index < -0.39 is 6.04 Å². The van der Waals surface area contributed by atoms with Gasteiger partial charge in [0.25, 0.3) is 0 Å². The number of aromatic hydroxyl groups is 1. The van der Waals surface area contributed by atoms with Crippen molar-refractivity contribution in [2.45, 2.75) is 58.4 Å². The van der Waals surface area contributed by atoms with Gasteiger partial charge < -0.3 is 10.4 Å². The summed E-state index contributed by atoms with van der Waals surface area (Å²) in [6, 6.07) is 15.2. The molecule has 7 heteroatoms. The van der Waals surface area contributed by atoms with Crippen LogP contribution in [0, 0.1) is 18.8 Å². The zero-order valence-electron chi connectivity index (χ0n) is 20.5. The molecule has 190 valence electrons. The lowest BCUT2D eigenvalue weighted by Crippen LogP contribution is -2.41. The van der Waals surface area contributed by atoms with Crippen molar-refractivity contribution in [1.29, 1.82) is 0 Å². The molecular formula is C29H31Cl2NO3S. The first-order valence-corrected chi connectivity index (χ1v) is 13.9. The maximum Gasteiger partial charge on any atom is 0.223 e. The fourth-order valence-electron chi connectivity index (χ4n) is 5.09. The second kappa shape index (κ2) is 11.8. The number of hydrogen-bond acceptors (Lipinski definition) is 4. The third-order valence-corrected chi connectivity index (χ3v) is 8.59. The highest BCUT2D eigenvalue weighted by molar-refractivity contribution is 7.19. The van der Waals surface area contributed by atoms with E-state index in [1.165, 1.54) is 11.1 Å². The van der Waals surface area contributed by atoms with Crippen molar-refractivity contribution in [3.8, 4) is 16.2 Å². The standard InChI is InChI=1S/C29H31Cl2NO3S/c1-17-13-23(30)16-21(28(17)34)9-10-25(33)18(2)32-29(35)22-8-7-19(15-22)14-20-5-3-4-6-24(20)26-11-12-27(31)36-26/h3-6,11-13,16,18-19,22,34H,7-10,14-15H2,1-2H3,(H,32,35)/t18-,19-,22+/m0/s1. The quantitative estimate of drug-likeness (QED) is 0.295. The number of phenolic OH excluding ortho intramolecular Hbond substituents is 1. The maximum absolute atomic E-state index is 12.9. The number of thiophene rings is 1. The molecule has 0 saturated heterocycles. The van der Waals surface area contributed by atoms with E-state index in [2.05, 4.69) is 29.6 Å². The molecule has 1 fully saturated rings. The van der Waals surface area contributed by atoms with Crippen LogP contribution < -0.4 is 5.32 Å². The normalized spacial score (nSPS) is 18.2. The summed E-state index contributed by atoms with van der Waals surface area (Å²) in [5, 5.41) is 13.7. The van der Waals surface area contributed by atoms with Crippen molar-refractivity contribution in [2.24, 2.45) is 11.8 Å². The Morgan fingerprint density at radius 3 is 2.64 bits per heavy atom. The molecule has 1 saturated carbocycles. The molecule has 2 aromatic carbocycles. The zero-order chi connectivity index (χ0) is 25.8. The molecule has 4 nitrogen and oxygen atoms in total. The summed E-state index contributed by atoms with van der Waals surface area (Å²) < 4.78 is 0.778. The maximum atomic E-state index is 12.9. The smallest absolute Gasteiger partial charge is 0.223 e. The van der Waals surface area contributed by atoms with Gasteiger partial charge in [-0.05, 0) is 98.4 Å². The van der Waals surface area contributed by atoms with Gasteiger partial charge in [0.05, 0.1) is 10.4 Å². The third kappa shape index (κ3) is 6.50. The van der Waals surface area contributed by atoms with Crippen LogP contribution >= 0.6 is 34.5 Å². The minimum atomic E-state index is -0.566. The number of aryl methyl sites for hydroxylation is 2. The summed E-state index contributed by atoms with van der Waals surface area (Å²) in [6.07, 6.45) is 4.18. The van der Waals surface area contributed by atoms with Crippen LogP contribution in [-0.4, -0.2) is 22.8 Å². The Morgan fingerprint density at radius 1 is 1.11 bits per heavy atom. The molecule has 4 rings (SSSR count). The van der Waals surface area contributed by atoms with E-state index in [9.17, 15) is 14.7 Å². The lowest BCUT2D eigenvalue weighted by Gasteiger charge is -2.17. The van der Waals surface area contributed by atoms with Gasteiger partial charge in [0.2, 0.25) is 5.91 Å². The van der Waals surface area contributed by atoms with Crippen LogP contribution in [0.5, 0.6) is 5.75 Å². The molecule has 0 spiro atoms. The summed E-state index contributed by atoms with van der Waals surface area (Å²) in [7, 11) is 0. The number of nitrogens with one attached hydrogen (secondary N) is 1. The van der Waals surface area contributed by atoms with Crippen LogP contribution in [0.3, 0.4) is 0 Å². The van der Waals surface area contributed by atoms with E-state index in [1.54, 1.807) is 37.3 Å². The second-order valence-corrected chi connectivity index (χ2v) is 11.9. The van der Waals surface area contributed by atoms with Crippen LogP contribution in [-0.2, 0) is 22.4 Å². The van der Waals surface area contributed by atoms with Gasteiger partial charge in [0.1, 0.15) is 5.75 Å². The Bertz CT molecular complexity index is 1260. The fourth-order valence-corrected chi connectivity index (χ4v) is 6.49. The summed E-state index contributed by atoms with van der Waals surface area (Å²) in [5.74, 6) is 0.423. The number of amides is 1. The van der Waals surface area contributed by atoms with Gasteiger partial charge in [-0.2, -0.15) is 0 Å². The molecule has 3 atom stereocenters. The van der Waals surface area contributed by atoms with Crippen molar-refractivity contribution in [2.75, 3.05) is 0 Å². The average molecular weight is 545 g/mol. The first-order chi connectivity index (χ1) is 17.2. The number of ketones is 1. The van der Waals surface area contributed by atoms with E-state index in [4.69, 9.17) is 23.2 Å². The Kier molecular flexibility index (Phi) is 8.76. The third-order valence-electron chi connectivity index (χ3n) is 7.10. The van der Waals surface area contributed by atoms with Crippen molar-refractivity contribution in [3.05, 3.63) is 74.6 Å². The van der Waals surface area contributed by atoms with Gasteiger partial charge >= 0.3 is 0 Å². The minimum Gasteiger partial charge on any atom is -0.507 e. The van der Waals surface area contributed by atoms with E-state index >= 15 is 0 Å². The molecule has 1 aromatic heterocycles. The van der Waals surface area contributed by atoms with Gasteiger partial charge in [-0.1, -0.05) is 47.5 Å². The molecule has 0 bridgehead atoms. The number of benzene rings is 2. The average Bonchev–Trinajstić information content (AvgIpc) is 3.49. The number of carbonyl (C=O) groups is 2. The molecule has 0 unspecified atom stereocenters. The highest BCUT2D eigenvalue weighted by atomic mass is 35.5. The number of hydrogen-bond donors (Lipinski definition) is 2. The van der Waals surface area contributed by atoms with Crippen molar-refractivity contribution in [1.82, 2.24) is 5.32 Å². The lowest BCUT2D eigenvalue weighted by molar-refractivity contribution is -0.129. The SMILES string of the molecule is Cc1cc(Cl)cc(CCC(=O)[C@H](C)NC(=O)[C@@H]2CC[C@@H](Cc3ccccc3-c3ccc(Cl)s3)C2)c1O. The topological polar surface area (TPSA) is 66.4 Å². The molecule has 0 radical (unpaired) electrons. The Morgan fingerprint density at radius 2 is 1.89 bits per heavy atom. The highest BCUT2D eigenvalue weighted by Crippen LogP contribution is 2.38. The molecule has 2 N–H and O–H groups in total. The number of rotatable bonds is 9. The van der Waals surface area contributed by atoms with Crippen LogP contribution in [0.2, 0.25) is 9.36 Å².